The Labute approximate surface area is 120 Å². The first-order valence-corrected chi connectivity index (χ1v) is 7.04. The van der Waals surface area contributed by atoms with Crippen LogP contribution in [0, 0.1) is 16.0 Å². The molecule has 0 heterocycles. The molecule has 2 atom stereocenters. The molecular weight excluding hydrogens is 256 g/mol. The number of non-ortho nitro benzene ring substituents is 1. The number of ether oxygens (including phenoxy) is 1. The van der Waals surface area contributed by atoms with Crippen LogP contribution in [0.15, 0.2) is 18.2 Å². The van der Waals surface area contributed by atoms with Crippen LogP contribution in [-0.4, -0.2) is 24.6 Å². The molecule has 2 unspecified atom stereocenters. The first-order chi connectivity index (χ1) is 9.49. The minimum Gasteiger partial charge on any atom is -0.496 e. The van der Waals surface area contributed by atoms with E-state index in [0.717, 1.165) is 24.9 Å². The van der Waals surface area contributed by atoms with Crippen LogP contribution in [0.1, 0.15) is 32.8 Å². The van der Waals surface area contributed by atoms with E-state index in [4.69, 9.17) is 4.74 Å². The molecule has 5 nitrogen and oxygen atoms in total. The largest absolute Gasteiger partial charge is 0.496 e. The average molecular weight is 280 g/mol. The molecule has 5 heteroatoms. The molecule has 1 aromatic rings. The number of benzene rings is 1. The maximum Gasteiger partial charge on any atom is 0.269 e. The van der Waals surface area contributed by atoms with E-state index in [-0.39, 0.29) is 10.6 Å². The molecule has 0 aliphatic carbocycles. The minimum atomic E-state index is -0.369. The first kappa shape index (κ1) is 16.4. The normalized spacial score (nSPS) is 13.8. The van der Waals surface area contributed by atoms with Crippen molar-refractivity contribution in [2.75, 3.05) is 13.7 Å². The van der Waals surface area contributed by atoms with Crippen LogP contribution in [0.2, 0.25) is 0 Å². The highest BCUT2D eigenvalue weighted by molar-refractivity contribution is 5.44. The molecule has 0 aliphatic rings. The molecule has 0 aromatic heterocycles. The molecular formula is C15H24N2O3. The predicted molar refractivity (Wildman–Crippen MR) is 80.3 cm³/mol. The molecule has 0 radical (unpaired) electrons. The standard InChI is InChI=1S/C15H24N2O3/c1-5-8-16-12(3)11(2)9-13-10-14(17(18)19)6-7-15(13)20-4/h6-7,10-12,16H,5,8-9H2,1-4H3. The molecule has 112 valence electrons. The van der Waals surface area contributed by atoms with Crippen molar-refractivity contribution in [1.82, 2.24) is 5.32 Å². The van der Waals surface area contributed by atoms with Crippen LogP contribution in [0.3, 0.4) is 0 Å². The number of nitro groups is 1. The number of hydrogen-bond acceptors (Lipinski definition) is 4. The fourth-order valence-corrected chi connectivity index (χ4v) is 2.13. The van der Waals surface area contributed by atoms with Gasteiger partial charge in [0.1, 0.15) is 5.75 Å². The number of nitrogens with zero attached hydrogens (tertiary/aromatic N) is 1. The summed E-state index contributed by atoms with van der Waals surface area (Å²) in [6.07, 6.45) is 1.85. The summed E-state index contributed by atoms with van der Waals surface area (Å²) in [4.78, 5) is 10.5. The molecule has 0 fully saturated rings. The van der Waals surface area contributed by atoms with Crippen molar-refractivity contribution in [3.63, 3.8) is 0 Å². The van der Waals surface area contributed by atoms with Gasteiger partial charge in [0, 0.05) is 23.7 Å². The molecule has 0 amide bonds. The van der Waals surface area contributed by atoms with Gasteiger partial charge in [-0.25, -0.2) is 0 Å². The van der Waals surface area contributed by atoms with Crippen molar-refractivity contribution < 1.29 is 9.66 Å². The SMILES string of the molecule is CCCNC(C)C(C)Cc1cc([N+](=O)[O-])ccc1OC. The summed E-state index contributed by atoms with van der Waals surface area (Å²) in [6.45, 7) is 7.40. The van der Waals surface area contributed by atoms with Crippen molar-refractivity contribution in [2.45, 2.75) is 39.7 Å². The van der Waals surface area contributed by atoms with Crippen LogP contribution in [-0.2, 0) is 6.42 Å². The predicted octanol–water partition coefficient (Wildman–Crippen LogP) is 3.17. The molecule has 1 N–H and O–H groups in total. The maximum atomic E-state index is 10.9. The van der Waals surface area contributed by atoms with Crippen molar-refractivity contribution in [1.29, 1.82) is 0 Å². The topological polar surface area (TPSA) is 64.4 Å². The van der Waals surface area contributed by atoms with E-state index in [0.29, 0.717) is 17.7 Å². The van der Waals surface area contributed by atoms with Crippen molar-refractivity contribution >= 4 is 5.69 Å². The highest BCUT2D eigenvalue weighted by Crippen LogP contribution is 2.27. The Morgan fingerprint density at radius 2 is 2.10 bits per heavy atom. The van der Waals surface area contributed by atoms with Crippen LogP contribution in [0.25, 0.3) is 0 Å². The van der Waals surface area contributed by atoms with E-state index >= 15 is 0 Å². The first-order valence-electron chi connectivity index (χ1n) is 7.04. The highest BCUT2D eigenvalue weighted by atomic mass is 16.6. The summed E-state index contributed by atoms with van der Waals surface area (Å²) in [5.74, 6) is 1.09. The van der Waals surface area contributed by atoms with Crippen molar-refractivity contribution in [3.8, 4) is 5.75 Å². The third kappa shape index (κ3) is 4.49. The Bertz CT molecular complexity index is 449. The zero-order valence-corrected chi connectivity index (χ0v) is 12.7. The lowest BCUT2D eigenvalue weighted by Gasteiger charge is -2.22. The second-order valence-electron chi connectivity index (χ2n) is 5.18. The maximum absolute atomic E-state index is 10.9. The fourth-order valence-electron chi connectivity index (χ4n) is 2.13. The van der Waals surface area contributed by atoms with Gasteiger partial charge in [-0.3, -0.25) is 10.1 Å². The van der Waals surface area contributed by atoms with E-state index in [1.807, 2.05) is 0 Å². The molecule has 1 rings (SSSR count). The van der Waals surface area contributed by atoms with E-state index in [1.165, 1.54) is 6.07 Å². The van der Waals surface area contributed by atoms with Crippen LogP contribution in [0.5, 0.6) is 5.75 Å². The van der Waals surface area contributed by atoms with E-state index in [2.05, 4.69) is 26.1 Å². The lowest BCUT2D eigenvalue weighted by atomic mass is 9.94. The average Bonchev–Trinajstić information content (AvgIpc) is 2.44. The third-order valence-electron chi connectivity index (χ3n) is 3.59. The van der Waals surface area contributed by atoms with E-state index in [1.54, 1.807) is 19.2 Å². The monoisotopic (exact) mass is 280 g/mol. The van der Waals surface area contributed by atoms with Gasteiger partial charge in [-0.15, -0.1) is 0 Å². The second-order valence-corrected chi connectivity index (χ2v) is 5.18. The Morgan fingerprint density at radius 3 is 2.65 bits per heavy atom. The lowest BCUT2D eigenvalue weighted by molar-refractivity contribution is -0.384. The number of rotatable bonds is 8. The van der Waals surface area contributed by atoms with Gasteiger partial charge in [0.15, 0.2) is 0 Å². The van der Waals surface area contributed by atoms with E-state index in [9.17, 15) is 10.1 Å². The number of nitrogens with one attached hydrogen (secondary N) is 1. The summed E-state index contributed by atoms with van der Waals surface area (Å²) < 4.78 is 5.30. The number of methoxy groups -OCH3 is 1. The van der Waals surface area contributed by atoms with Gasteiger partial charge in [0.2, 0.25) is 0 Å². The summed E-state index contributed by atoms with van der Waals surface area (Å²) in [6, 6.07) is 5.12. The van der Waals surface area contributed by atoms with Gasteiger partial charge in [-0.2, -0.15) is 0 Å². The molecule has 0 bridgehead atoms. The zero-order valence-electron chi connectivity index (χ0n) is 12.7. The number of hydrogen-bond donors (Lipinski definition) is 1. The Kier molecular flexibility index (Phi) is 6.45. The van der Waals surface area contributed by atoms with Crippen LogP contribution < -0.4 is 10.1 Å². The molecule has 20 heavy (non-hydrogen) atoms. The molecule has 0 spiro atoms. The van der Waals surface area contributed by atoms with Gasteiger partial charge >= 0.3 is 0 Å². The van der Waals surface area contributed by atoms with Gasteiger partial charge in [-0.1, -0.05) is 13.8 Å². The van der Waals surface area contributed by atoms with Crippen molar-refractivity contribution in [2.24, 2.45) is 5.92 Å². The fraction of sp³-hybridized carbons (Fsp3) is 0.600. The summed E-state index contributed by atoms with van der Waals surface area (Å²) in [7, 11) is 1.59. The molecule has 0 saturated carbocycles. The highest BCUT2D eigenvalue weighted by Gasteiger charge is 2.17. The lowest BCUT2D eigenvalue weighted by Crippen LogP contribution is -2.33. The van der Waals surface area contributed by atoms with E-state index < -0.39 is 0 Å². The minimum absolute atomic E-state index is 0.113. The van der Waals surface area contributed by atoms with Gasteiger partial charge < -0.3 is 10.1 Å². The van der Waals surface area contributed by atoms with Crippen LogP contribution >= 0.6 is 0 Å². The molecule has 1 aromatic carbocycles. The Morgan fingerprint density at radius 1 is 1.40 bits per heavy atom. The summed E-state index contributed by atoms with van der Waals surface area (Å²) in [5.41, 5.74) is 1.00. The van der Waals surface area contributed by atoms with Gasteiger partial charge in [-0.05, 0) is 38.3 Å². The zero-order chi connectivity index (χ0) is 15.1. The second kappa shape index (κ2) is 7.85. The van der Waals surface area contributed by atoms with Gasteiger partial charge in [0.25, 0.3) is 5.69 Å². The quantitative estimate of drug-likeness (QED) is 0.587. The third-order valence-corrected chi connectivity index (χ3v) is 3.59. The van der Waals surface area contributed by atoms with Crippen molar-refractivity contribution in [3.05, 3.63) is 33.9 Å². The molecule has 0 aliphatic heterocycles. The Balaban J connectivity index is 2.83. The smallest absolute Gasteiger partial charge is 0.269 e. The Hall–Kier alpha value is -1.62. The number of nitro benzene ring substituents is 1. The van der Waals surface area contributed by atoms with Crippen LogP contribution in [0.4, 0.5) is 5.69 Å². The molecule has 0 saturated heterocycles. The van der Waals surface area contributed by atoms with Gasteiger partial charge in [0.05, 0.1) is 12.0 Å². The summed E-state index contributed by atoms with van der Waals surface area (Å²) in [5, 5.41) is 14.3. The summed E-state index contributed by atoms with van der Waals surface area (Å²) >= 11 is 0.